The monoisotopic (exact) mass is 220 g/mol. The van der Waals surface area contributed by atoms with E-state index in [-0.39, 0.29) is 6.04 Å². The molecular formula is C8H16N2O3S. The van der Waals surface area contributed by atoms with Gasteiger partial charge >= 0.3 is 0 Å². The van der Waals surface area contributed by atoms with Crippen LogP contribution in [-0.4, -0.2) is 37.9 Å². The Balaban J connectivity index is 2.83. The summed E-state index contributed by atoms with van der Waals surface area (Å²) in [5.41, 5.74) is 6.33. The molecule has 1 aliphatic rings. The van der Waals surface area contributed by atoms with Crippen LogP contribution in [0.5, 0.6) is 0 Å². The fraction of sp³-hybridized carbons (Fsp3) is 0.750. The minimum Gasteiger partial charge on any atom is -0.327 e. The summed E-state index contributed by atoms with van der Waals surface area (Å²) in [6.07, 6.45) is 2.67. The minimum absolute atomic E-state index is 0.0192. The third kappa shape index (κ3) is 2.78. The van der Waals surface area contributed by atoms with E-state index in [9.17, 15) is 8.42 Å². The van der Waals surface area contributed by atoms with E-state index in [2.05, 4.69) is 5.32 Å². The largest absolute Gasteiger partial charge is 0.327 e. The molecule has 0 radical (unpaired) electrons. The molecule has 0 saturated heterocycles. The van der Waals surface area contributed by atoms with Gasteiger partial charge in [0.1, 0.15) is 0 Å². The zero-order valence-corrected chi connectivity index (χ0v) is 8.92. The second kappa shape index (κ2) is 4.39. The lowest BCUT2D eigenvalue weighted by Gasteiger charge is -2.25. The van der Waals surface area contributed by atoms with Crippen molar-refractivity contribution in [2.75, 3.05) is 13.6 Å². The molecule has 4 N–H and O–H groups in total. The summed E-state index contributed by atoms with van der Waals surface area (Å²) >= 11 is 0. The third-order valence-corrected chi connectivity index (χ3v) is 3.70. The molecule has 5 nitrogen and oxygen atoms in total. The van der Waals surface area contributed by atoms with Gasteiger partial charge in [-0.05, 0) is 19.9 Å². The normalized spacial score (nSPS) is 28.6. The molecule has 1 aliphatic carbocycles. The van der Waals surface area contributed by atoms with Crippen molar-refractivity contribution >= 4 is 10.1 Å². The van der Waals surface area contributed by atoms with Gasteiger partial charge in [0.2, 0.25) is 0 Å². The predicted molar refractivity (Wildman–Crippen MR) is 54.6 cm³/mol. The number of hydrogen-bond donors (Lipinski definition) is 3. The highest BCUT2D eigenvalue weighted by Gasteiger charge is 2.29. The quantitative estimate of drug-likeness (QED) is 0.441. The Bertz CT molecular complexity index is 323. The molecule has 0 aromatic rings. The van der Waals surface area contributed by atoms with Crippen LogP contribution < -0.4 is 11.1 Å². The molecule has 0 spiro atoms. The summed E-state index contributed by atoms with van der Waals surface area (Å²) in [5, 5.41) is 2.24. The van der Waals surface area contributed by atoms with Gasteiger partial charge in [-0.1, -0.05) is 11.6 Å². The lowest BCUT2D eigenvalue weighted by molar-refractivity contribution is 0.443. The Morgan fingerprint density at radius 1 is 1.71 bits per heavy atom. The molecule has 2 unspecified atom stereocenters. The molecule has 6 heteroatoms. The van der Waals surface area contributed by atoms with Crippen LogP contribution in [0, 0.1) is 0 Å². The molecule has 2 atom stereocenters. The van der Waals surface area contributed by atoms with Gasteiger partial charge in [-0.25, -0.2) is 0 Å². The number of nitrogens with two attached hydrogens (primary N) is 1. The standard InChI is InChI=1S/C8H16N2O3S/c1-10-7-2-6(5-9)3-8(4-7)14(11,12)13/h2,7-8,10H,3-5,9H2,1H3,(H,11,12,13). The number of rotatable bonds is 3. The van der Waals surface area contributed by atoms with Crippen LogP contribution in [0.15, 0.2) is 11.6 Å². The van der Waals surface area contributed by atoms with Crippen molar-refractivity contribution in [1.82, 2.24) is 5.32 Å². The zero-order valence-electron chi connectivity index (χ0n) is 8.10. The van der Waals surface area contributed by atoms with Crippen LogP contribution >= 0.6 is 0 Å². The second-order valence-corrected chi connectivity index (χ2v) is 5.20. The molecule has 1 rings (SSSR count). The van der Waals surface area contributed by atoms with Crippen molar-refractivity contribution in [3.8, 4) is 0 Å². The Hall–Kier alpha value is -0.430. The summed E-state index contributed by atoms with van der Waals surface area (Å²) in [6.45, 7) is 0.337. The van der Waals surface area contributed by atoms with Crippen LogP contribution in [0.2, 0.25) is 0 Å². The summed E-state index contributed by atoms with van der Waals surface area (Å²) in [4.78, 5) is 0. The molecule has 0 aliphatic heterocycles. The zero-order chi connectivity index (χ0) is 10.8. The van der Waals surface area contributed by atoms with Crippen molar-refractivity contribution in [2.45, 2.75) is 24.1 Å². The fourth-order valence-corrected chi connectivity index (χ4v) is 2.53. The first-order valence-electron chi connectivity index (χ1n) is 4.50. The van der Waals surface area contributed by atoms with E-state index in [0.29, 0.717) is 19.4 Å². The van der Waals surface area contributed by atoms with E-state index in [0.717, 1.165) is 5.57 Å². The second-order valence-electron chi connectivity index (χ2n) is 3.50. The van der Waals surface area contributed by atoms with Crippen molar-refractivity contribution in [3.63, 3.8) is 0 Å². The molecule has 14 heavy (non-hydrogen) atoms. The fourth-order valence-electron chi connectivity index (χ4n) is 1.66. The molecule has 0 bridgehead atoms. The van der Waals surface area contributed by atoms with Crippen LogP contribution in [0.4, 0.5) is 0 Å². The molecule has 0 fully saturated rings. The molecule has 0 amide bonds. The highest BCUT2D eigenvalue weighted by atomic mass is 32.2. The van der Waals surface area contributed by atoms with E-state index in [4.69, 9.17) is 10.3 Å². The Kier molecular flexibility index (Phi) is 3.65. The minimum atomic E-state index is -3.95. The average molecular weight is 220 g/mol. The van der Waals surface area contributed by atoms with Crippen molar-refractivity contribution in [2.24, 2.45) is 5.73 Å². The summed E-state index contributed by atoms with van der Waals surface area (Å²) in [5.74, 6) is 0. The van der Waals surface area contributed by atoms with Crippen molar-refractivity contribution < 1.29 is 13.0 Å². The van der Waals surface area contributed by atoms with Crippen LogP contribution in [0.25, 0.3) is 0 Å². The first kappa shape index (κ1) is 11.6. The van der Waals surface area contributed by atoms with E-state index < -0.39 is 15.4 Å². The summed E-state index contributed by atoms with van der Waals surface area (Å²) < 4.78 is 30.9. The van der Waals surface area contributed by atoms with E-state index in [1.54, 1.807) is 7.05 Å². The lowest BCUT2D eigenvalue weighted by atomic mass is 9.95. The maximum absolute atomic E-state index is 11.0. The number of likely N-dealkylation sites (N-methyl/N-ethyl adjacent to an activating group) is 1. The highest BCUT2D eigenvalue weighted by molar-refractivity contribution is 7.86. The van der Waals surface area contributed by atoms with Gasteiger partial charge in [0.15, 0.2) is 0 Å². The maximum atomic E-state index is 11.0. The summed E-state index contributed by atoms with van der Waals surface area (Å²) in [6, 6.07) is -0.0192. The van der Waals surface area contributed by atoms with Crippen molar-refractivity contribution in [1.29, 1.82) is 0 Å². The molecule has 0 aromatic carbocycles. The van der Waals surface area contributed by atoms with E-state index in [1.807, 2.05) is 6.08 Å². The molecular weight excluding hydrogens is 204 g/mol. The van der Waals surface area contributed by atoms with Gasteiger partial charge < -0.3 is 11.1 Å². The topological polar surface area (TPSA) is 92.4 Å². The van der Waals surface area contributed by atoms with Gasteiger partial charge in [0.25, 0.3) is 10.1 Å². The predicted octanol–water partition coefficient (Wildman–Crippen LogP) is -0.490. The maximum Gasteiger partial charge on any atom is 0.268 e. The lowest BCUT2D eigenvalue weighted by Crippen LogP contribution is -2.37. The molecule has 0 saturated carbocycles. The van der Waals surface area contributed by atoms with Gasteiger partial charge in [-0.2, -0.15) is 8.42 Å². The van der Waals surface area contributed by atoms with E-state index in [1.165, 1.54) is 0 Å². The van der Waals surface area contributed by atoms with Crippen molar-refractivity contribution in [3.05, 3.63) is 11.6 Å². The first-order chi connectivity index (χ1) is 6.47. The number of hydrogen-bond acceptors (Lipinski definition) is 4. The van der Waals surface area contributed by atoms with Crippen LogP contribution in [0.1, 0.15) is 12.8 Å². The Morgan fingerprint density at radius 2 is 2.36 bits per heavy atom. The molecule has 0 aromatic heterocycles. The van der Waals surface area contributed by atoms with Gasteiger partial charge in [0, 0.05) is 12.6 Å². The number of nitrogens with one attached hydrogen (secondary N) is 1. The van der Waals surface area contributed by atoms with Gasteiger partial charge in [0.05, 0.1) is 5.25 Å². The SMILES string of the molecule is CNC1C=C(CN)CC(S(=O)(=O)O)C1. The van der Waals surface area contributed by atoms with Crippen LogP contribution in [-0.2, 0) is 10.1 Å². The Morgan fingerprint density at radius 3 is 2.79 bits per heavy atom. The van der Waals surface area contributed by atoms with Gasteiger partial charge in [-0.15, -0.1) is 0 Å². The smallest absolute Gasteiger partial charge is 0.268 e. The first-order valence-corrected chi connectivity index (χ1v) is 6.01. The molecule has 0 heterocycles. The molecule has 82 valence electrons. The summed E-state index contributed by atoms with van der Waals surface area (Å²) in [7, 11) is -2.20. The average Bonchev–Trinajstić information content (AvgIpc) is 2.15. The highest BCUT2D eigenvalue weighted by Crippen LogP contribution is 2.23. The Labute approximate surface area is 84.1 Å². The third-order valence-electron chi connectivity index (χ3n) is 2.50. The van der Waals surface area contributed by atoms with Crippen LogP contribution in [0.3, 0.4) is 0 Å². The van der Waals surface area contributed by atoms with Gasteiger partial charge in [-0.3, -0.25) is 4.55 Å². The van der Waals surface area contributed by atoms with E-state index >= 15 is 0 Å².